The van der Waals surface area contributed by atoms with Crippen molar-refractivity contribution in [3.8, 4) is 0 Å². The van der Waals surface area contributed by atoms with Crippen LogP contribution in [0.2, 0.25) is 0 Å². The molecule has 0 radical (unpaired) electrons. The van der Waals surface area contributed by atoms with Gasteiger partial charge >= 0.3 is 6.18 Å². The van der Waals surface area contributed by atoms with Gasteiger partial charge in [0.15, 0.2) is 0 Å². The van der Waals surface area contributed by atoms with Crippen LogP contribution < -0.4 is 0 Å². The summed E-state index contributed by atoms with van der Waals surface area (Å²) in [5.41, 5.74) is -0.124. The van der Waals surface area contributed by atoms with Crippen LogP contribution in [0.1, 0.15) is 26.4 Å². The SMILES string of the molecule is Cc1cc(C(F)(F)F)ccc1C(=O)c1cc(Br)cs1. The average Bonchev–Trinajstić information content (AvgIpc) is 2.73. The number of carbonyl (C=O) groups excluding carboxylic acids is 1. The fourth-order valence-electron chi connectivity index (χ4n) is 1.66. The van der Waals surface area contributed by atoms with E-state index in [9.17, 15) is 18.0 Å². The van der Waals surface area contributed by atoms with Crippen LogP contribution >= 0.6 is 27.3 Å². The van der Waals surface area contributed by atoms with Crippen molar-refractivity contribution in [3.63, 3.8) is 0 Å². The molecule has 6 heteroatoms. The third kappa shape index (κ3) is 3.06. The number of rotatable bonds is 2. The largest absolute Gasteiger partial charge is 0.416 e. The highest BCUT2D eigenvalue weighted by Crippen LogP contribution is 2.31. The number of ketones is 1. The van der Waals surface area contributed by atoms with Crippen LogP contribution in [-0.2, 0) is 6.18 Å². The van der Waals surface area contributed by atoms with E-state index in [0.717, 1.165) is 16.6 Å². The minimum absolute atomic E-state index is 0.262. The Bertz CT molecular complexity index is 631. The molecule has 0 spiro atoms. The molecule has 19 heavy (non-hydrogen) atoms. The first-order valence-corrected chi connectivity index (χ1v) is 6.93. The first-order chi connectivity index (χ1) is 8.79. The molecule has 0 N–H and O–H groups in total. The monoisotopic (exact) mass is 348 g/mol. The first kappa shape index (κ1) is 14.3. The summed E-state index contributed by atoms with van der Waals surface area (Å²) in [6.07, 6.45) is -4.39. The lowest BCUT2D eigenvalue weighted by atomic mass is 10.0. The molecule has 2 rings (SSSR count). The quantitative estimate of drug-likeness (QED) is 0.692. The molecule has 1 aromatic carbocycles. The van der Waals surface area contributed by atoms with Crippen molar-refractivity contribution < 1.29 is 18.0 Å². The topological polar surface area (TPSA) is 17.1 Å². The van der Waals surface area contributed by atoms with Gasteiger partial charge in [-0.15, -0.1) is 11.3 Å². The van der Waals surface area contributed by atoms with E-state index < -0.39 is 11.7 Å². The number of benzene rings is 1. The number of alkyl halides is 3. The van der Waals surface area contributed by atoms with Gasteiger partial charge in [-0.25, -0.2) is 0 Å². The van der Waals surface area contributed by atoms with Crippen molar-refractivity contribution in [3.05, 3.63) is 55.7 Å². The van der Waals surface area contributed by atoms with Gasteiger partial charge in [-0.2, -0.15) is 13.2 Å². The second-order valence-electron chi connectivity index (χ2n) is 3.99. The van der Waals surface area contributed by atoms with Crippen molar-refractivity contribution >= 4 is 33.0 Å². The molecule has 0 fully saturated rings. The van der Waals surface area contributed by atoms with E-state index >= 15 is 0 Å². The molecule has 0 amide bonds. The number of aryl methyl sites for hydroxylation is 1. The Morgan fingerprint density at radius 1 is 1.26 bits per heavy atom. The van der Waals surface area contributed by atoms with Crippen LogP contribution in [-0.4, -0.2) is 5.78 Å². The van der Waals surface area contributed by atoms with Gasteiger partial charge in [0, 0.05) is 15.4 Å². The summed E-state index contributed by atoms with van der Waals surface area (Å²) in [4.78, 5) is 12.6. The van der Waals surface area contributed by atoms with Crippen LogP contribution in [0.3, 0.4) is 0 Å². The zero-order valence-electron chi connectivity index (χ0n) is 9.72. The van der Waals surface area contributed by atoms with Crippen molar-refractivity contribution in [1.29, 1.82) is 0 Å². The molecule has 1 heterocycles. The Morgan fingerprint density at radius 3 is 2.42 bits per heavy atom. The lowest BCUT2D eigenvalue weighted by Gasteiger charge is -2.09. The average molecular weight is 349 g/mol. The highest BCUT2D eigenvalue weighted by atomic mass is 79.9. The summed E-state index contributed by atoms with van der Waals surface area (Å²) in [7, 11) is 0. The number of hydrogen-bond acceptors (Lipinski definition) is 2. The van der Waals surface area contributed by atoms with Crippen molar-refractivity contribution in [2.24, 2.45) is 0 Å². The Kier molecular flexibility index (Phi) is 3.82. The van der Waals surface area contributed by atoms with Crippen LogP contribution in [0.5, 0.6) is 0 Å². The molecular weight excluding hydrogens is 341 g/mol. The lowest BCUT2D eigenvalue weighted by molar-refractivity contribution is -0.137. The predicted octanol–water partition coefficient (Wildman–Crippen LogP) is 5.07. The minimum atomic E-state index is -4.39. The second kappa shape index (κ2) is 5.09. The predicted molar refractivity (Wildman–Crippen MR) is 71.6 cm³/mol. The Labute approximate surface area is 120 Å². The van der Waals surface area contributed by atoms with E-state index in [1.54, 1.807) is 11.4 Å². The van der Waals surface area contributed by atoms with Gasteiger partial charge in [0.25, 0.3) is 0 Å². The van der Waals surface area contributed by atoms with Gasteiger partial charge in [0.2, 0.25) is 5.78 Å². The van der Waals surface area contributed by atoms with E-state index in [0.29, 0.717) is 16.0 Å². The summed E-state index contributed by atoms with van der Waals surface area (Å²) >= 11 is 4.49. The normalized spacial score (nSPS) is 11.6. The maximum atomic E-state index is 12.5. The minimum Gasteiger partial charge on any atom is -0.288 e. The third-order valence-electron chi connectivity index (χ3n) is 2.59. The lowest BCUT2D eigenvalue weighted by Crippen LogP contribution is -2.08. The molecule has 0 atom stereocenters. The Hall–Kier alpha value is -1.14. The summed E-state index contributed by atoms with van der Waals surface area (Å²) in [6.45, 7) is 1.51. The molecule has 2 aromatic rings. The van der Waals surface area contributed by atoms with Crippen LogP contribution in [0.4, 0.5) is 13.2 Å². The molecule has 0 aliphatic rings. The molecule has 0 aliphatic carbocycles. The molecular formula is C13H8BrF3OS. The number of hydrogen-bond donors (Lipinski definition) is 0. The van der Waals surface area contributed by atoms with Gasteiger partial charge in [-0.3, -0.25) is 4.79 Å². The molecule has 1 nitrogen and oxygen atoms in total. The Morgan fingerprint density at radius 2 is 1.95 bits per heavy atom. The van der Waals surface area contributed by atoms with Gasteiger partial charge in [-0.1, -0.05) is 6.07 Å². The zero-order valence-corrected chi connectivity index (χ0v) is 12.1. The van der Waals surface area contributed by atoms with E-state index in [-0.39, 0.29) is 5.78 Å². The molecule has 0 bridgehead atoms. The molecule has 100 valence electrons. The number of carbonyl (C=O) groups is 1. The number of halogens is 4. The maximum absolute atomic E-state index is 12.5. The summed E-state index contributed by atoms with van der Waals surface area (Å²) in [6, 6.07) is 4.82. The van der Waals surface area contributed by atoms with Crippen LogP contribution in [0.25, 0.3) is 0 Å². The van der Waals surface area contributed by atoms with Crippen molar-refractivity contribution in [1.82, 2.24) is 0 Å². The van der Waals surface area contributed by atoms with E-state index in [1.165, 1.54) is 24.3 Å². The van der Waals surface area contributed by atoms with E-state index in [4.69, 9.17) is 0 Å². The van der Waals surface area contributed by atoms with Crippen LogP contribution in [0, 0.1) is 6.92 Å². The first-order valence-electron chi connectivity index (χ1n) is 5.25. The van der Waals surface area contributed by atoms with Gasteiger partial charge in [0.05, 0.1) is 10.4 Å². The summed E-state index contributed by atoms with van der Waals surface area (Å²) < 4.78 is 38.4. The highest BCUT2D eigenvalue weighted by Gasteiger charge is 2.31. The van der Waals surface area contributed by atoms with Crippen LogP contribution in [0.15, 0.2) is 34.1 Å². The molecule has 0 unspecified atom stereocenters. The second-order valence-corrected chi connectivity index (χ2v) is 5.81. The van der Waals surface area contributed by atoms with Crippen molar-refractivity contribution in [2.45, 2.75) is 13.1 Å². The smallest absolute Gasteiger partial charge is 0.288 e. The van der Waals surface area contributed by atoms with Gasteiger partial charge in [0.1, 0.15) is 0 Å². The fraction of sp³-hybridized carbons (Fsp3) is 0.154. The molecule has 0 saturated heterocycles. The fourth-order valence-corrected chi connectivity index (χ4v) is 3.04. The summed E-state index contributed by atoms with van der Waals surface area (Å²) in [5, 5.41) is 1.76. The van der Waals surface area contributed by atoms with Crippen molar-refractivity contribution in [2.75, 3.05) is 0 Å². The Balaban J connectivity index is 2.39. The third-order valence-corrected chi connectivity index (χ3v) is 4.28. The number of thiophene rings is 1. The summed E-state index contributed by atoms with van der Waals surface area (Å²) in [5.74, 6) is -0.262. The standard InChI is InChI=1S/C13H8BrF3OS/c1-7-4-8(13(15,16)17)2-3-10(7)12(18)11-5-9(14)6-19-11/h2-6H,1H3. The van der Waals surface area contributed by atoms with E-state index in [1.807, 2.05) is 0 Å². The zero-order chi connectivity index (χ0) is 14.2. The molecule has 1 aromatic heterocycles. The highest BCUT2D eigenvalue weighted by molar-refractivity contribution is 9.10. The van der Waals surface area contributed by atoms with Gasteiger partial charge in [-0.05, 0) is 46.6 Å². The maximum Gasteiger partial charge on any atom is 0.416 e. The van der Waals surface area contributed by atoms with Gasteiger partial charge < -0.3 is 0 Å². The molecule has 0 saturated carbocycles. The molecule has 0 aliphatic heterocycles. The van der Waals surface area contributed by atoms with E-state index in [2.05, 4.69) is 15.9 Å².